The smallest absolute Gasteiger partial charge is 0.260 e. The predicted molar refractivity (Wildman–Crippen MR) is 81.2 cm³/mol. The maximum Gasteiger partial charge on any atom is 0.260 e. The number of amides is 1. The highest BCUT2D eigenvalue weighted by Crippen LogP contribution is 2.27. The van der Waals surface area contributed by atoms with Crippen molar-refractivity contribution < 1.29 is 9.53 Å². The number of benzene rings is 1. The first-order valence-electron chi connectivity index (χ1n) is 6.46. The van der Waals surface area contributed by atoms with Crippen LogP contribution in [0.5, 0.6) is 5.75 Å². The Kier molecular flexibility index (Phi) is 6.15. The molecule has 1 amide bonds. The summed E-state index contributed by atoms with van der Waals surface area (Å²) in [6.45, 7) is 5.81. The first kappa shape index (κ1) is 15.8. The van der Waals surface area contributed by atoms with Crippen LogP contribution in [0.15, 0.2) is 22.7 Å². The lowest BCUT2D eigenvalue weighted by Crippen LogP contribution is -2.41. The summed E-state index contributed by atoms with van der Waals surface area (Å²) in [6, 6.07) is 5.43. The molecule has 0 bridgehead atoms. The van der Waals surface area contributed by atoms with Gasteiger partial charge in [0, 0.05) is 17.8 Å². The number of nitrogen functional groups attached to an aromatic ring is 1. The van der Waals surface area contributed by atoms with Gasteiger partial charge in [0.05, 0.1) is 4.47 Å². The molecule has 1 rings (SSSR count). The summed E-state index contributed by atoms with van der Waals surface area (Å²) in [5.74, 6) is 0.459. The molecule has 0 saturated carbocycles. The number of hydrogen-bond donors (Lipinski definition) is 2. The molecule has 1 aromatic carbocycles. The van der Waals surface area contributed by atoms with Gasteiger partial charge in [0.2, 0.25) is 0 Å². The molecule has 2 unspecified atom stereocenters. The van der Waals surface area contributed by atoms with E-state index in [-0.39, 0.29) is 11.9 Å². The molecule has 5 heteroatoms. The predicted octanol–water partition coefficient (Wildman–Crippen LogP) is 3.10. The molecule has 0 spiro atoms. The second-order valence-corrected chi connectivity index (χ2v) is 5.50. The van der Waals surface area contributed by atoms with Crippen molar-refractivity contribution in [3.05, 3.63) is 22.7 Å². The van der Waals surface area contributed by atoms with Crippen LogP contribution in [0.3, 0.4) is 0 Å². The van der Waals surface area contributed by atoms with Crippen LogP contribution < -0.4 is 15.8 Å². The van der Waals surface area contributed by atoms with Crippen LogP contribution in [0.25, 0.3) is 0 Å². The Morgan fingerprint density at radius 2 is 2.16 bits per heavy atom. The van der Waals surface area contributed by atoms with Crippen LogP contribution in [0.4, 0.5) is 5.69 Å². The summed E-state index contributed by atoms with van der Waals surface area (Å²) in [6.07, 6.45) is 1.44. The molecule has 0 aliphatic heterocycles. The van der Waals surface area contributed by atoms with Crippen molar-refractivity contribution in [3.8, 4) is 5.75 Å². The Hall–Kier alpha value is -1.23. The average molecular weight is 329 g/mol. The van der Waals surface area contributed by atoms with Gasteiger partial charge in [0.15, 0.2) is 6.10 Å². The number of nitrogens with two attached hydrogens (primary N) is 1. The standard InChI is InChI=1S/C14H21BrN2O2/c1-4-5-9(2)17-14(18)10(3)19-13-8-11(16)6-7-12(13)15/h6-10H,4-5,16H2,1-3H3,(H,17,18). The number of rotatable bonds is 6. The topological polar surface area (TPSA) is 64.3 Å². The van der Waals surface area contributed by atoms with Crippen LogP contribution in [0, 0.1) is 0 Å². The fraction of sp³-hybridized carbons (Fsp3) is 0.500. The Bertz CT molecular complexity index is 437. The first-order chi connectivity index (χ1) is 8.93. The summed E-state index contributed by atoms with van der Waals surface area (Å²) >= 11 is 3.37. The Labute approximate surface area is 122 Å². The highest BCUT2D eigenvalue weighted by Gasteiger charge is 2.17. The summed E-state index contributed by atoms with van der Waals surface area (Å²) in [7, 11) is 0. The van der Waals surface area contributed by atoms with Crippen molar-refractivity contribution in [2.75, 3.05) is 5.73 Å². The van der Waals surface area contributed by atoms with Gasteiger partial charge < -0.3 is 15.8 Å². The van der Waals surface area contributed by atoms with E-state index in [2.05, 4.69) is 28.2 Å². The van der Waals surface area contributed by atoms with E-state index in [0.717, 1.165) is 17.3 Å². The molecule has 0 aliphatic carbocycles. The number of carbonyl (C=O) groups is 1. The zero-order valence-electron chi connectivity index (χ0n) is 11.6. The molecule has 19 heavy (non-hydrogen) atoms. The van der Waals surface area contributed by atoms with Crippen LogP contribution >= 0.6 is 15.9 Å². The molecule has 0 heterocycles. The molecular weight excluding hydrogens is 308 g/mol. The fourth-order valence-corrected chi connectivity index (χ4v) is 2.06. The molecule has 3 N–H and O–H groups in total. The van der Waals surface area contributed by atoms with Crippen molar-refractivity contribution in [1.82, 2.24) is 5.32 Å². The number of ether oxygens (including phenoxy) is 1. The summed E-state index contributed by atoms with van der Waals surface area (Å²) in [4.78, 5) is 11.9. The van der Waals surface area contributed by atoms with Crippen molar-refractivity contribution in [1.29, 1.82) is 0 Å². The number of nitrogens with one attached hydrogen (secondary N) is 1. The van der Waals surface area contributed by atoms with Crippen molar-refractivity contribution in [2.24, 2.45) is 0 Å². The zero-order chi connectivity index (χ0) is 14.4. The molecule has 2 atom stereocenters. The third-order valence-corrected chi connectivity index (χ3v) is 3.39. The van der Waals surface area contributed by atoms with Gasteiger partial charge in [-0.25, -0.2) is 0 Å². The van der Waals surface area contributed by atoms with Crippen molar-refractivity contribution >= 4 is 27.5 Å². The van der Waals surface area contributed by atoms with E-state index >= 15 is 0 Å². The van der Waals surface area contributed by atoms with E-state index in [1.807, 2.05) is 6.92 Å². The quantitative estimate of drug-likeness (QED) is 0.788. The van der Waals surface area contributed by atoms with Gasteiger partial charge in [0.1, 0.15) is 5.75 Å². The lowest BCUT2D eigenvalue weighted by atomic mass is 10.2. The molecular formula is C14H21BrN2O2. The molecule has 106 valence electrons. The fourth-order valence-electron chi connectivity index (χ4n) is 1.72. The lowest BCUT2D eigenvalue weighted by molar-refractivity contribution is -0.127. The van der Waals surface area contributed by atoms with E-state index in [1.54, 1.807) is 25.1 Å². The molecule has 0 aromatic heterocycles. The van der Waals surface area contributed by atoms with Crippen LogP contribution in [0.2, 0.25) is 0 Å². The van der Waals surface area contributed by atoms with Gasteiger partial charge in [-0.1, -0.05) is 13.3 Å². The number of carbonyl (C=O) groups excluding carboxylic acids is 1. The summed E-state index contributed by atoms with van der Waals surface area (Å²) < 4.78 is 6.41. The maximum atomic E-state index is 11.9. The highest BCUT2D eigenvalue weighted by atomic mass is 79.9. The van der Waals surface area contributed by atoms with E-state index in [9.17, 15) is 4.79 Å². The molecule has 0 aliphatic rings. The van der Waals surface area contributed by atoms with E-state index in [4.69, 9.17) is 10.5 Å². The van der Waals surface area contributed by atoms with Gasteiger partial charge >= 0.3 is 0 Å². The Morgan fingerprint density at radius 3 is 2.79 bits per heavy atom. The minimum Gasteiger partial charge on any atom is -0.480 e. The van der Waals surface area contributed by atoms with Gasteiger partial charge in [-0.2, -0.15) is 0 Å². The van der Waals surface area contributed by atoms with E-state index < -0.39 is 6.10 Å². The van der Waals surface area contributed by atoms with Crippen LogP contribution in [0.1, 0.15) is 33.6 Å². The summed E-state index contributed by atoms with van der Waals surface area (Å²) in [5.41, 5.74) is 6.30. The van der Waals surface area contributed by atoms with Crippen LogP contribution in [-0.2, 0) is 4.79 Å². The molecule has 0 saturated heterocycles. The normalized spacial score (nSPS) is 13.7. The molecule has 0 fully saturated rings. The van der Waals surface area contributed by atoms with Crippen molar-refractivity contribution in [3.63, 3.8) is 0 Å². The second-order valence-electron chi connectivity index (χ2n) is 4.65. The van der Waals surface area contributed by atoms with Crippen molar-refractivity contribution in [2.45, 2.75) is 45.8 Å². The van der Waals surface area contributed by atoms with E-state index in [0.29, 0.717) is 11.4 Å². The second kappa shape index (κ2) is 7.38. The average Bonchev–Trinajstić information content (AvgIpc) is 2.34. The highest BCUT2D eigenvalue weighted by molar-refractivity contribution is 9.10. The largest absolute Gasteiger partial charge is 0.480 e. The maximum absolute atomic E-state index is 11.9. The van der Waals surface area contributed by atoms with Gasteiger partial charge in [-0.3, -0.25) is 4.79 Å². The Balaban J connectivity index is 2.61. The lowest BCUT2D eigenvalue weighted by Gasteiger charge is -2.19. The Morgan fingerprint density at radius 1 is 1.47 bits per heavy atom. The number of halogens is 1. The first-order valence-corrected chi connectivity index (χ1v) is 7.25. The zero-order valence-corrected chi connectivity index (χ0v) is 13.2. The number of anilines is 1. The molecule has 4 nitrogen and oxygen atoms in total. The minimum absolute atomic E-state index is 0.115. The molecule has 1 aromatic rings. The van der Waals surface area contributed by atoms with Gasteiger partial charge in [-0.15, -0.1) is 0 Å². The minimum atomic E-state index is -0.558. The summed E-state index contributed by atoms with van der Waals surface area (Å²) in [5, 5.41) is 2.92. The third-order valence-electron chi connectivity index (χ3n) is 2.74. The van der Waals surface area contributed by atoms with Gasteiger partial charge in [-0.05, 0) is 48.3 Å². The monoisotopic (exact) mass is 328 g/mol. The number of hydrogen-bond acceptors (Lipinski definition) is 3. The third kappa shape index (κ3) is 5.11. The van der Waals surface area contributed by atoms with E-state index in [1.165, 1.54) is 0 Å². The molecule has 0 radical (unpaired) electrons. The van der Waals surface area contributed by atoms with Gasteiger partial charge in [0.25, 0.3) is 5.91 Å². The van der Waals surface area contributed by atoms with Crippen LogP contribution in [-0.4, -0.2) is 18.1 Å². The SMILES string of the molecule is CCCC(C)NC(=O)C(C)Oc1cc(N)ccc1Br.